The number of aryl methyl sites for hydroxylation is 2. The molecule has 0 aliphatic heterocycles. The number of fused-ring (bicyclic) bond motifs is 1. The number of nitrogens with zero attached hydrogens (tertiary/aromatic N) is 2. The third-order valence-corrected chi connectivity index (χ3v) is 5.33. The number of esters is 1. The molecular formula is C20H20N2O3S. The van der Waals surface area contributed by atoms with Crippen LogP contribution in [0.15, 0.2) is 47.5 Å². The Morgan fingerprint density at radius 1 is 1.12 bits per heavy atom. The number of benzene rings is 2. The average Bonchev–Trinajstić information content (AvgIpc) is 2.96. The maximum absolute atomic E-state index is 12.3. The summed E-state index contributed by atoms with van der Waals surface area (Å²) in [5.41, 5.74) is 3.60. The van der Waals surface area contributed by atoms with Gasteiger partial charge in [-0.3, -0.25) is 4.79 Å². The molecule has 5 nitrogen and oxygen atoms in total. The lowest BCUT2D eigenvalue weighted by molar-refractivity contribution is -0.117. The van der Waals surface area contributed by atoms with Crippen molar-refractivity contribution in [2.24, 2.45) is 12.0 Å². The summed E-state index contributed by atoms with van der Waals surface area (Å²) in [6, 6.07) is 13.3. The summed E-state index contributed by atoms with van der Waals surface area (Å²) < 4.78 is 7.49. The van der Waals surface area contributed by atoms with Crippen LogP contribution in [0.3, 0.4) is 0 Å². The standard InChI is InChI=1S/C20H20N2O3S/c1-4-13-5-7-14(8-6-13)11-18(23)21-20-22(2)16-10-9-15(19(24)25-3)12-17(16)26-20/h5-10,12H,4,11H2,1-3H3. The first-order chi connectivity index (χ1) is 12.5. The van der Waals surface area contributed by atoms with E-state index in [1.165, 1.54) is 24.0 Å². The molecule has 0 bridgehead atoms. The van der Waals surface area contributed by atoms with Gasteiger partial charge in [0.2, 0.25) is 0 Å². The van der Waals surface area contributed by atoms with Gasteiger partial charge in [-0.2, -0.15) is 4.99 Å². The summed E-state index contributed by atoms with van der Waals surface area (Å²) in [6.45, 7) is 2.10. The molecule has 26 heavy (non-hydrogen) atoms. The van der Waals surface area contributed by atoms with Crippen molar-refractivity contribution < 1.29 is 14.3 Å². The van der Waals surface area contributed by atoms with Gasteiger partial charge >= 0.3 is 5.97 Å². The normalized spacial score (nSPS) is 11.7. The van der Waals surface area contributed by atoms with Crippen LogP contribution in [-0.4, -0.2) is 23.6 Å². The second kappa shape index (κ2) is 7.66. The van der Waals surface area contributed by atoms with Crippen molar-refractivity contribution in [3.05, 3.63) is 64.0 Å². The molecule has 0 aliphatic rings. The minimum atomic E-state index is -0.381. The van der Waals surface area contributed by atoms with Gasteiger partial charge in [0.15, 0.2) is 4.80 Å². The fourth-order valence-corrected chi connectivity index (χ4v) is 3.77. The molecule has 0 radical (unpaired) electrons. The number of ether oxygens (including phenoxy) is 1. The van der Waals surface area contributed by atoms with Crippen LogP contribution in [0.2, 0.25) is 0 Å². The number of amides is 1. The Labute approximate surface area is 155 Å². The Hall–Kier alpha value is -2.73. The predicted molar refractivity (Wildman–Crippen MR) is 102 cm³/mol. The molecule has 0 saturated carbocycles. The quantitative estimate of drug-likeness (QED) is 0.664. The lowest BCUT2D eigenvalue weighted by Gasteiger charge is -2.00. The smallest absolute Gasteiger partial charge is 0.337 e. The molecule has 3 aromatic rings. The summed E-state index contributed by atoms with van der Waals surface area (Å²) >= 11 is 1.38. The molecule has 0 fully saturated rings. The average molecular weight is 368 g/mol. The molecule has 1 heterocycles. The van der Waals surface area contributed by atoms with Crippen LogP contribution in [0.25, 0.3) is 10.2 Å². The number of carbonyl (C=O) groups is 2. The van der Waals surface area contributed by atoms with E-state index in [9.17, 15) is 9.59 Å². The Kier molecular flexibility index (Phi) is 5.32. The molecule has 6 heteroatoms. The lowest BCUT2D eigenvalue weighted by atomic mass is 10.1. The van der Waals surface area contributed by atoms with Gasteiger partial charge in [-0.05, 0) is 35.7 Å². The van der Waals surface area contributed by atoms with Gasteiger partial charge in [0.1, 0.15) is 0 Å². The zero-order valence-corrected chi connectivity index (χ0v) is 15.8. The van der Waals surface area contributed by atoms with Crippen molar-refractivity contribution in [1.29, 1.82) is 0 Å². The van der Waals surface area contributed by atoms with Gasteiger partial charge in [0.05, 0.1) is 29.3 Å². The molecule has 0 saturated heterocycles. The lowest BCUT2D eigenvalue weighted by Crippen LogP contribution is -2.14. The molecule has 2 aromatic carbocycles. The van der Waals surface area contributed by atoms with Crippen molar-refractivity contribution >= 4 is 33.4 Å². The van der Waals surface area contributed by atoms with E-state index in [1.54, 1.807) is 12.1 Å². The van der Waals surface area contributed by atoms with Crippen molar-refractivity contribution in [3.63, 3.8) is 0 Å². The summed E-state index contributed by atoms with van der Waals surface area (Å²) in [5.74, 6) is -0.572. The first kappa shape index (κ1) is 18.1. The summed E-state index contributed by atoms with van der Waals surface area (Å²) in [5, 5.41) is 0. The third-order valence-electron chi connectivity index (χ3n) is 4.24. The molecule has 0 aliphatic carbocycles. The maximum Gasteiger partial charge on any atom is 0.337 e. The van der Waals surface area contributed by atoms with Crippen molar-refractivity contribution in [2.45, 2.75) is 19.8 Å². The SMILES string of the molecule is CCc1ccc(CC(=O)N=c2sc3cc(C(=O)OC)ccc3n2C)cc1. The highest BCUT2D eigenvalue weighted by Gasteiger charge is 2.10. The van der Waals surface area contributed by atoms with Crippen LogP contribution in [-0.2, 0) is 29.4 Å². The predicted octanol–water partition coefficient (Wildman–Crippen LogP) is 3.26. The van der Waals surface area contributed by atoms with Crippen LogP contribution in [0, 0.1) is 0 Å². The Bertz CT molecular complexity index is 1030. The van der Waals surface area contributed by atoms with E-state index in [4.69, 9.17) is 4.74 Å². The Morgan fingerprint density at radius 3 is 2.46 bits per heavy atom. The molecule has 0 atom stereocenters. The van der Waals surface area contributed by atoms with E-state index < -0.39 is 0 Å². The van der Waals surface area contributed by atoms with Crippen LogP contribution in [0.1, 0.15) is 28.4 Å². The second-order valence-corrected chi connectivity index (χ2v) is 6.98. The second-order valence-electron chi connectivity index (χ2n) is 5.97. The maximum atomic E-state index is 12.3. The Morgan fingerprint density at radius 2 is 1.81 bits per heavy atom. The molecule has 134 valence electrons. The van der Waals surface area contributed by atoms with Crippen LogP contribution in [0.4, 0.5) is 0 Å². The molecule has 0 unspecified atom stereocenters. The fraction of sp³-hybridized carbons (Fsp3) is 0.250. The molecule has 0 spiro atoms. The fourth-order valence-electron chi connectivity index (χ4n) is 2.70. The van der Waals surface area contributed by atoms with Crippen molar-refractivity contribution in [3.8, 4) is 0 Å². The van der Waals surface area contributed by atoms with Crippen molar-refractivity contribution in [2.75, 3.05) is 7.11 Å². The molecule has 0 N–H and O–H groups in total. The highest BCUT2D eigenvalue weighted by atomic mass is 32.1. The monoisotopic (exact) mass is 368 g/mol. The minimum Gasteiger partial charge on any atom is -0.465 e. The van der Waals surface area contributed by atoms with E-state index in [0.29, 0.717) is 10.4 Å². The van der Waals surface area contributed by atoms with Crippen LogP contribution >= 0.6 is 11.3 Å². The minimum absolute atomic E-state index is 0.190. The van der Waals surface area contributed by atoms with E-state index in [1.807, 2.05) is 41.9 Å². The number of rotatable bonds is 4. The first-order valence-corrected chi connectivity index (χ1v) is 9.16. The van der Waals surface area contributed by atoms with E-state index in [2.05, 4.69) is 11.9 Å². The molecule has 1 amide bonds. The number of aromatic nitrogens is 1. The number of carbonyl (C=O) groups excluding carboxylic acids is 2. The van der Waals surface area contributed by atoms with E-state index >= 15 is 0 Å². The van der Waals surface area contributed by atoms with Gasteiger partial charge in [0, 0.05) is 7.05 Å². The molecular weight excluding hydrogens is 348 g/mol. The van der Waals surface area contributed by atoms with Gasteiger partial charge in [-0.1, -0.05) is 42.5 Å². The van der Waals surface area contributed by atoms with Crippen LogP contribution in [0.5, 0.6) is 0 Å². The van der Waals surface area contributed by atoms with Crippen LogP contribution < -0.4 is 4.80 Å². The zero-order chi connectivity index (χ0) is 18.7. The summed E-state index contributed by atoms with van der Waals surface area (Å²) in [4.78, 5) is 28.9. The number of hydrogen-bond donors (Lipinski definition) is 0. The summed E-state index contributed by atoms with van der Waals surface area (Å²) in [7, 11) is 3.21. The largest absolute Gasteiger partial charge is 0.465 e. The first-order valence-electron chi connectivity index (χ1n) is 8.35. The van der Waals surface area contributed by atoms with Gasteiger partial charge in [0.25, 0.3) is 5.91 Å². The molecule has 1 aromatic heterocycles. The highest BCUT2D eigenvalue weighted by Crippen LogP contribution is 2.19. The zero-order valence-electron chi connectivity index (χ0n) is 15.0. The van der Waals surface area contributed by atoms with Gasteiger partial charge in [-0.15, -0.1) is 0 Å². The molecule has 3 rings (SSSR count). The van der Waals surface area contributed by atoms with E-state index in [0.717, 1.165) is 22.2 Å². The van der Waals surface area contributed by atoms with E-state index in [-0.39, 0.29) is 18.3 Å². The van der Waals surface area contributed by atoms with Gasteiger partial charge < -0.3 is 9.30 Å². The van der Waals surface area contributed by atoms with Gasteiger partial charge in [-0.25, -0.2) is 4.79 Å². The highest BCUT2D eigenvalue weighted by molar-refractivity contribution is 7.16. The topological polar surface area (TPSA) is 60.7 Å². The number of methoxy groups -OCH3 is 1. The summed E-state index contributed by atoms with van der Waals surface area (Å²) in [6.07, 6.45) is 1.25. The number of hydrogen-bond acceptors (Lipinski definition) is 4. The van der Waals surface area contributed by atoms with Crippen molar-refractivity contribution in [1.82, 2.24) is 4.57 Å². The Balaban J connectivity index is 1.89. The number of thiazole rings is 1. The third kappa shape index (κ3) is 3.75.